The average Bonchev–Trinajstić information content (AvgIpc) is 3.47. The van der Waals surface area contributed by atoms with Gasteiger partial charge in [0.05, 0.1) is 5.52 Å². The number of carbonyl (C=O) groups excluding carboxylic acids is 1. The molecule has 0 aliphatic carbocycles. The smallest absolute Gasteiger partial charge is 0.279 e. The normalized spacial score (nSPS) is 17.9. The zero-order chi connectivity index (χ0) is 19.8. The molecule has 5 rings (SSSR count). The molecule has 1 fully saturated rings. The number of nitrogens with one attached hydrogen (secondary N) is 1. The Hall–Kier alpha value is -3.48. The topological polar surface area (TPSA) is 87.9 Å². The predicted octanol–water partition coefficient (Wildman–Crippen LogP) is 3.73. The summed E-state index contributed by atoms with van der Waals surface area (Å²) >= 11 is 0. The quantitative estimate of drug-likeness (QED) is 0.564. The predicted molar refractivity (Wildman–Crippen MR) is 108 cm³/mol. The number of hydrogen-bond donors (Lipinski definition) is 1. The van der Waals surface area contributed by atoms with Crippen molar-refractivity contribution < 1.29 is 9.32 Å². The van der Waals surface area contributed by atoms with Crippen molar-refractivity contribution in [2.45, 2.75) is 25.2 Å². The standard InChI is InChI=1S/C22H21N5O2/c1-14(15-7-3-2-4-8-15)12-27-13-16(11-19(27)28)21-23-22(29-26-21)20-17-9-5-6-10-18(17)24-25-20/h2-10,14,16H,11-13H2,1H3,(H,24,25). The number of fused-ring (bicyclic) bond motifs is 1. The number of likely N-dealkylation sites (tertiary alicyclic amines) is 1. The Kier molecular flexibility index (Phi) is 4.35. The van der Waals surface area contributed by atoms with Crippen LogP contribution < -0.4 is 0 Å². The van der Waals surface area contributed by atoms with E-state index in [-0.39, 0.29) is 17.7 Å². The van der Waals surface area contributed by atoms with Crippen LogP contribution in [0.2, 0.25) is 0 Å². The molecular weight excluding hydrogens is 366 g/mol. The Labute approximate surface area is 167 Å². The molecule has 2 unspecified atom stereocenters. The first-order valence-electron chi connectivity index (χ1n) is 9.79. The zero-order valence-electron chi connectivity index (χ0n) is 16.1. The van der Waals surface area contributed by atoms with Crippen LogP contribution in [0.15, 0.2) is 59.1 Å². The second kappa shape index (κ2) is 7.16. The lowest BCUT2D eigenvalue weighted by molar-refractivity contribution is -0.127. The molecule has 7 nitrogen and oxygen atoms in total. The van der Waals surface area contributed by atoms with E-state index in [0.29, 0.717) is 36.9 Å². The number of amides is 1. The van der Waals surface area contributed by atoms with Gasteiger partial charge in [0.25, 0.3) is 5.89 Å². The minimum atomic E-state index is -0.0619. The van der Waals surface area contributed by atoms with Crippen LogP contribution in [0.5, 0.6) is 0 Å². The van der Waals surface area contributed by atoms with Crippen LogP contribution in [0.25, 0.3) is 22.5 Å². The molecule has 1 saturated heterocycles. The van der Waals surface area contributed by atoms with Crippen LogP contribution in [-0.2, 0) is 4.79 Å². The number of benzene rings is 2. The molecule has 2 aromatic carbocycles. The number of H-pyrrole nitrogens is 1. The lowest BCUT2D eigenvalue weighted by Gasteiger charge is -2.21. The van der Waals surface area contributed by atoms with Gasteiger partial charge < -0.3 is 9.42 Å². The van der Waals surface area contributed by atoms with E-state index in [0.717, 1.165) is 10.9 Å². The highest BCUT2D eigenvalue weighted by Gasteiger charge is 2.34. The summed E-state index contributed by atoms with van der Waals surface area (Å²) in [5, 5.41) is 12.4. The first-order valence-corrected chi connectivity index (χ1v) is 9.79. The maximum absolute atomic E-state index is 12.6. The summed E-state index contributed by atoms with van der Waals surface area (Å²) in [4.78, 5) is 19.0. The Balaban J connectivity index is 1.32. The number of hydrogen-bond acceptors (Lipinski definition) is 5. The van der Waals surface area contributed by atoms with E-state index in [1.54, 1.807) is 0 Å². The average molecular weight is 387 g/mol. The van der Waals surface area contributed by atoms with Crippen LogP contribution in [-0.4, -0.2) is 44.2 Å². The molecule has 2 aromatic heterocycles. The van der Waals surface area contributed by atoms with Crippen molar-refractivity contribution in [3.05, 3.63) is 66.0 Å². The molecule has 7 heteroatoms. The van der Waals surface area contributed by atoms with E-state index in [1.807, 2.05) is 47.4 Å². The Morgan fingerprint density at radius 3 is 2.83 bits per heavy atom. The molecule has 1 amide bonds. The van der Waals surface area contributed by atoms with Crippen molar-refractivity contribution in [3.63, 3.8) is 0 Å². The largest absolute Gasteiger partial charge is 0.341 e. The number of nitrogens with zero attached hydrogens (tertiary/aromatic N) is 4. The molecule has 1 aliphatic rings. The number of para-hydroxylation sites is 1. The number of carbonyl (C=O) groups is 1. The molecule has 1 N–H and O–H groups in total. The zero-order valence-corrected chi connectivity index (χ0v) is 16.1. The summed E-state index contributed by atoms with van der Waals surface area (Å²) in [6.07, 6.45) is 0.405. The second-order valence-electron chi connectivity index (χ2n) is 7.59. The third-order valence-electron chi connectivity index (χ3n) is 5.56. The van der Waals surface area contributed by atoms with E-state index in [1.165, 1.54) is 5.56 Å². The third kappa shape index (κ3) is 3.29. The van der Waals surface area contributed by atoms with Crippen LogP contribution >= 0.6 is 0 Å². The van der Waals surface area contributed by atoms with E-state index < -0.39 is 0 Å². The molecule has 1 aliphatic heterocycles. The number of rotatable bonds is 5. The monoisotopic (exact) mass is 387 g/mol. The Morgan fingerprint density at radius 2 is 1.97 bits per heavy atom. The lowest BCUT2D eigenvalue weighted by Crippen LogP contribution is -2.29. The van der Waals surface area contributed by atoms with Crippen molar-refractivity contribution in [3.8, 4) is 11.6 Å². The minimum Gasteiger partial charge on any atom is -0.341 e. The molecule has 146 valence electrons. The van der Waals surface area contributed by atoms with E-state index in [4.69, 9.17) is 4.52 Å². The fourth-order valence-electron chi connectivity index (χ4n) is 3.96. The summed E-state index contributed by atoms with van der Waals surface area (Å²) in [5.74, 6) is 1.29. The van der Waals surface area contributed by atoms with E-state index in [2.05, 4.69) is 39.4 Å². The summed E-state index contributed by atoms with van der Waals surface area (Å²) in [6, 6.07) is 18.1. The fourth-order valence-corrected chi connectivity index (χ4v) is 3.96. The van der Waals surface area contributed by atoms with Gasteiger partial charge in [-0.05, 0) is 17.5 Å². The fraction of sp³-hybridized carbons (Fsp3) is 0.273. The maximum Gasteiger partial charge on any atom is 0.279 e. The van der Waals surface area contributed by atoms with Gasteiger partial charge in [0, 0.05) is 30.8 Å². The van der Waals surface area contributed by atoms with Crippen molar-refractivity contribution in [2.75, 3.05) is 13.1 Å². The van der Waals surface area contributed by atoms with Crippen molar-refractivity contribution in [1.82, 2.24) is 25.2 Å². The molecule has 2 atom stereocenters. The molecule has 4 aromatic rings. The summed E-state index contributed by atoms with van der Waals surface area (Å²) in [6.45, 7) is 3.44. The molecule has 0 bridgehead atoms. The first-order chi connectivity index (χ1) is 14.2. The minimum absolute atomic E-state index is 0.0619. The molecule has 0 spiro atoms. The van der Waals surface area contributed by atoms with Crippen molar-refractivity contribution in [1.29, 1.82) is 0 Å². The van der Waals surface area contributed by atoms with Gasteiger partial charge >= 0.3 is 0 Å². The van der Waals surface area contributed by atoms with Gasteiger partial charge in [0.2, 0.25) is 5.91 Å². The molecular formula is C22H21N5O2. The maximum atomic E-state index is 12.6. The van der Waals surface area contributed by atoms with Crippen LogP contribution in [0.1, 0.15) is 36.6 Å². The highest BCUT2D eigenvalue weighted by molar-refractivity contribution is 5.90. The lowest BCUT2D eigenvalue weighted by atomic mass is 10.0. The summed E-state index contributed by atoms with van der Waals surface area (Å²) < 4.78 is 5.48. The second-order valence-corrected chi connectivity index (χ2v) is 7.59. The van der Waals surface area contributed by atoms with Gasteiger partial charge in [0.1, 0.15) is 0 Å². The summed E-state index contributed by atoms with van der Waals surface area (Å²) in [7, 11) is 0. The Morgan fingerprint density at radius 1 is 1.17 bits per heavy atom. The van der Waals surface area contributed by atoms with Gasteiger partial charge in [-0.3, -0.25) is 9.89 Å². The molecule has 0 radical (unpaired) electrons. The van der Waals surface area contributed by atoms with E-state index in [9.17, 15) is 4.79 Å². The highest BCUT2D eigenvalue weighted by atomic mass is 16.5. The van der Waals surface area contributed by atoms with E-state index >= 15 is 0 Å². The molecule has 0 saturated carbocycles. The Bertz CT molecular complexity index is 1150. The van der Waals surface area contributed by atoms with Crippen molar-refractivity contribution in [2.24, 2.45) is 0 Å². The van der Waals surface area contributed by atoms with Gasteiger partial charge in [-0.15, -0.1) is 0 Å². The van der Waals surface area contributed by atoms with Gasteiger partial charge in [-0.2, -0.15) is 10.1 Å². The van der Waals surface area contributed by atoms with Gasteiger partial charge in [-0.1, -0.05) is 60.6 Å². The van der Waals surface area contributed by atoms with Crippen LogP contribution in [0.3, 0.4) is 0 Å². The highest BCUT2D eigenvalue weighted by Crippen LogP contribution is 2.31. The van der Waals surface area contributed by atoms with Crippen LogP contribution in [0.4, 0.5) is 0 Å². The van der Waals surface area contributed by atoms with Crippen LogP contribution in [0, 0.1) is 0 Å². The number of aromatic amines is 1. The molecule has 3 heterocycles. The SMILES string of the molecule is CC(CN1CC(c2noc(-c3n[nH]c4ccccc34)n2)CC1=O)c1ccccc1. The van der Waals surface area contributed by atoms with Gasteiger partial charge in [-0.25, -0.2) is 0 Å². The third-order valence-corrected chi connectivity index (χ3v) is 5.56. The first kappa shape index (κ1) is 17.6. The van der Waals surface area contributed by atoms with Gasteiger partial charge in [0.15, 0.2) is 11.5 Å². The molecule has 29 heavy (non-hydrogen) atoms. The number of aromatic nitrogens is 4. The summed E-state index contributed by atoms with van der Waals surface area (Å²) in [5.41, 5.74) is 2.79. The van der Waals surface area contributed by atoms with Crippen molar-refractivity contribution >= 4 is 16.8 Å².